The van der Waals surface area contributed by atoms with Crippen LogP contribution in [0.4, 0.5) is 0 Å². The molecule has 0 aromatic rings. The lowest BCUT2D eigenvalue weighted by atomic mass is 10.1. The van der Waals surface area contributed by atoms with Crippen molar-refractivity contribution >= 4 is 10.2 Å². The third-order valence-electron chi connectivity index (χ3n) is 4.48. The minimum Gasteiger partial charge on any atom is -0.302 e. The molecular formula is C12H24N4O2S. The summed E-state index contributed by atoms with van der Waals surface area (Å²) in [5, 5.41) is 3.38. The summed E-state index contributed by atoms with van der Waals surface area (Å²) in [6.45, 7) is 5.47. The first-order valence-electron chi connectivity index (χ1n) is 7.40. The molecule has 3 rings (SSSR count). The van der Waals surface area contributed by atoms with Crippen molar-refractivity contribution in [1.82, 2.24) is 18.8 Å². The molecule has 3 saturated heterocycles. The van der Waals surface area contributed by atoms with Crippen molar-refractivity contribution in [2.75, 3.05) is 45.8 Å². The Morgan fingerprint density at radius 1 is 0.842 bits per heavy atom. The van der Waals surface area contributed by atoms with E-state index in [9.17, 15) is 8.42 Å². The summed E-state index contributed by atoms with van der Waals surface area (Å²) in [6.07, 6.45) is 4.85. The van der Waals surface area contributed by atoms with Crippen LogP contribution >= 0.6 is 0 Å². The maximum absolute atomic E-state index is 12.5. The van der Waals surface area contributed by atoms with Crippen LogP contribution in [-0.4, -0.2) is 73.9 Å². The predicted octanol–water partition coefficient (Wildman–Crippen LogP) is -0.346. The molecule has 0 aliphatic carbocycles. The Balaban J connectivity index is 1.57. The Morgan fingerprint density at radius 3 is 1.95 bits per heavy atom. The van der Waals surface area contributed by atoms with Crippen LogP contribution in [0.15, 0.2) is 0 Å². The molecular weight excluding hydrogens is 264 g/mol. The van der Waals surface area contributed by atoms with Crippen LogP contribution in [-0.2, 0) is 10.2 Å². The third-order valence-corrected chi connectivity index (χ3v) is 6.51. The van der Waals surface area contributed by atoms with Gasteiger partial charge in [0.1, 0.15) is 0 Å². The molecule has 0 amide bonds. The van der Waals surface area contributed by atoms with Gasteiger partial charge in [0.25, 0.3) is 10.2 Å². The van der Waals surface area contributed by atoms with E-state index in [1.807, 2.05) is 0 Å². The Morgan fingerprint density at radius 2 is 1.42 bits per heavy atom. The van der Waals surface area contributed by atoms with Crippen LogP contribution in [0.3, 0.4) is 0 Å². The van der Waals surface area contributed by atoms with Crippen molar-refractivity contribution in [2.45, 2.75) is 31.8 Å². The third kappa shape index (κ3) is 2.80. The molecule has 0 bridgehead atoms. The summed E-state index contributed by atoms with van der Waals surface area (Å²) in [6, 6.07) is 0. The summed E-state index contributed by atoms with van der Waals surface area (Å²) in [4.78, 5) is 2.37. The smallest absolute Gasteiger partial charge is 0.282 e. The van der Waals surface area contributed by atoms with Gasteiger partial charge in [0, 0.05) is 39.3 Å². The summed E-state index contributed by atoms with van der Waals surface area (Å²) >= 11 is 0. The second-order valence-corrected chi connectivity index (χ2v) is 7.59. The molecule has 110 valence electrons. The fraction of sp³-hybridized carbons (Fsp3) is 1.00. The molecule has 0 radical (unpaired) electrons. The first-order chi connectivity index (χ1) is 9.18. The lowest BCUT2D eigenvalue weighted by molar-refractivity contribution is 0.0725. The minimum absolute atomic E-state index is 0.486. The number of hydrogen-bond donors (Lipinski definition) is 1. The van der Waals surface area contributed by atoms with Crippen molar-refractivity contribution in [1.29, 1.82) is 0 Å². The van der Waals surface area contributed by atoms with E-state index in [1.165, 1.54) is 6.42 Å². The van der Waals surface area contributed by atoms with Gasteiger partial charge < -0.3 is 5.32 Å². The van der Waals surface area contributed by atoms with Gasteiger partial charge in [-0.05, 0) is 25.8 Å². The zero-order valence-electron chi connectivity index (χ0n) is 11.4. The van der Waals surface area contributed by atoms with Crippen LogP contribution in [0.5, 0.6) is 0 Å². The zero-order valence-corrected chi connectivity index (χ0v) is 12.2. The molecule has 0 aromatic carbocycles. The second-order valence-electron chi connectivity index (χ2n) is 5.66. The number of nitrogens with one attached hydrogen (secondary N) is 1. The maximum atomic E-state index is 12.5. The molecule has 0 aromatic heterocycles. The molecule has 3 aliphatic heterocycles. The molecule has 3 heterocycles. The molecule has 3 fully saturated rings. The van der Waals surface area contributed by atoms with Crippen LogP contribution in [0, 0.1) is 0 Å². The van der Waals surface area contributed by atoms with E-state index in [4.69, 9.17) is 0 Å². The van der Waals surface area contributed by atoms with E-state index in [-0.39, 0.29) is 0 Å². The fourth-order valence-corrected chi connectivity index (χ4v) is 4.76. The van der Waals surface area contributed by atoms with E-state index in [0.717, 1.165) is 38.9 Å². The Hall–Kier alpha value is -0.210. The Bertz CT molecular complexity index is 396. The molecule has 1 N–H and O–H groups in total. The van der Waals surface area contributed by atoms with Crippen LogP contribution in [0.2, 0.25) is 0 Å². The average Bonchev–Trinajstić information content (AvgIpc) is 2.38. The highest BCUT2D eigenvalue weighted by molar-refractivity contribution is 7.86. The molecule has 1 atom stereocenters. The molecule has 0 saturated carbocycles. The Labute approximate surface area is 115 Å². The molecule has 1 unspecified atom stereocenters. The van der Waals surface area contributed by atoms with Gasteiger partial charge in [-0.25, -0.2) is 0 Å². The Kier molecular flexibility index (Phi) is 4.09. The van der Waals surface area contributed by atoms with Crippen molar-refractivity contribution < 1.29 is 8.42 Å². The predicted molar refractivity (Wildman–Crippen MR) is 73.9 cm³/mol. The number of hydrogen-bond acceptors (Lipinski definition) is 4. The highest BCUT2D eigenvalue weighted by Crippen LogP contribution is 2.19. The largest absolute Gasteiger partial charge is 0.302 e. The van der Waals surface area contributed by atoms with Gasteiger partial charge >= 0.3 is 0 Å². The molecule has 0 spiro atoms. The number of piperazine rings is 1. The first kappa shape index (κ1) is 13.8. The minimum atomic E-state index is -3.20. The van der Waals surface area contributed by atoms with E-state index in [1.54, 1.807) is 8.61 Å². The quantitative estimate of drug-likeness (QED) is 0.771. The highest BCUT2D eigenvalue weighted by Gasteiger charge is 2.35. The summed E-state index contributed by atoms with van der Waals surface area (Å²) < 4.78 is 28.4. The lowest BCUT2D eigenvalue weighted by Gasteiger charge is -2.44. The number of rotatable bonds is 3. The van der Waals surface area contributed by atoms with Gasteiger partial charge in [0.05, 0.1) is 6.17 Å². The lowest BCUT2D eigenvalue weighted by Crippen LogP contribution is -2.61. The van der Waals surface area contributed by atoms with Crippen molar-refractivity contribution in [3.63, 3.8) is 0 Å². The van der Waals surface area contributed by atoms with Crippen molar-refractivity contribution in [3.05, 3.63) is 0 Å². The van der Waals surface area contributed by atoms with Gasteiger partial charge in [-0.3, -0.25) is 4.90 Å². The van der Waals surface area contributed by atoms with E-state index >= 15 is 0 Å². The SMILES string of the molecule is O=S(=O)(N1CCCCC1)N1CCN(C2CCN2)CC1. The van der Waals surface area contributed by atoms with Gasteiger partial charge in [0.2, 0.25) is 0 Å². The van der Waals surface area contributed by atoms with E-state index in [0.29, 0.717) is 32.3 Å². The van der Waals surface area contributed by atoms with Crippen molar-refractivity contribution in [3.8, 4) is 0 Å². The average molecular weight is 288 g/mol. The van der Waals surface area contributed by atoms with Gasteiger partial charge in [0.15, 0.2) is 0 Å². The molecule has 6 nitrogen and oxygen atoms in total. The van der Waals surface area contributed by atoms with Crippen LogP contribution in [0.25, 0.3) is 0 Å². The number of nitrogens with zero attached hydrogens (tertiary/aromatic N) is 3. The fourth-order valence-electron chi connectivity index (χ4n) is 3.09. The summed E-state index contributed by atoms with van der Waals surface area (Å²) in [5.74, 6) is 0. The molecule has 7 heteroatoms. The molecule has 3 aliphatic rings. The van der Waals surface area contributed by atoms with E-state index < -0.39 is 10.2 Å². The monoisotopic (exact) mass is 288 g/mol. The second kappa shape index (κ2) is 5.65. The standard InChI is InChI=1S/C12H24N4O2S/c17-19(18,15-6-2-1-3-7-15)16-10-8-14(9-11-16)12-4-5-13-12/h12-13H,1-11H2. The van der Waals surface area contributed by atoms with Gasteiger partial charge in [-0.15, -0.1) is 0 Å². The molecule has 19 heavy (non-hydrogen) atoms. The first-order valence-corrected chi connectivity index (χ1v) is 8.80. The maximum Gasteiger partial charge on any atom is 0.282 e. The van der Waals surface area contributed by atoms with Crippen molar-refractivity contribution in [2.24, 2.45) is 0 Å². The highest BCUT2D eigenvalue weighted by atomic mass is 32.2. The topological polar surface area (TPSA) is 55.9 Å². The van der Waals surface area contributed by atoms with Crippen LogP contribution < -0.4 is 5.32 Å². The summed E-state index contributed by atoms with van der Waals surface area (Å²) in [5.41, 5.74) is 0. The number of piperidine rings is 1. The van der Waals surface area contributed by atoms with Crippen LogP contribution in [0.1, 0.15) is 25.7 Å². The zero-order chi connectivity index (χ0) is 13.3. The normalized spacial score (nSPS) is 32.1. The van der Waals surface area contributed by atoms with Gasteiger partial charge in [-0.1, -0.05) is 6.42 Å². The van der Waals surface area contributed by atoms with E-state index in [2.05, 4.69) is 10.2 Å². The van der Waals surface area contributed by atoms with Gasteiger partial charge in [-0.2, -0.15) is 17.0 Å². The summed E-state index contributed by atoms with van der Waals surface area (Å²) in [7, 11) is -3.20.